The topological polar surface area (TPSA) is 12.0 Å². The van der Waals surface area contributed by atoms with Crippen LogP contribution in [0.15, 0.2) is 46.9 Å². The van der Waals surface area contributed by atoms with Gasteiger partial charge in [0.25, 0.3) is 0 Å². The van der Waals surface area contributed by atoms with Gasteiger partial charge in [0.2, 0.25) is 0 Å². The second kappa shape index (κ2) is 5.87. The predicted octanol–water partition coefficient (Wildman–Crippen LogP) is 5.39. The average Bonchev–Trinajstić information content (AvgIpc) is 2.39. The fraction of sp³-hybridized carbons (Fsp3) is 0.200. The van der Waals surface area contributed by atoms with Crippen LogP contribution in [0, 0.1) is 6.92 Å². The molecule has 2 aromatic rings. The summed E-state index contributed by atoms with van der Waals surface area (Å²) in [5.41, 5.74) is 1.44. The molecular formula is C15H13BrF3N. The van der Waals surface area contributed by atoms with Crippen molar-refractivity contribution in [2.45, 2.75) is 19.6 Å². The third-order valence-corrected chi connectivity index (χ3v) is 3.83. The van der Waals surface area contributed by atoms with Crippen LogP contribution in [0.3, 0.4) is 0 Å². The fourth-order valence-electron chi connectivity index (χ4n) is 1.90. The van der Waals surface area contributed by atoms with E-state index in [1.165, 1.54) is 12.1 Å². The van der Waals surface area contributed by atoms with Crippen molar-refractivity contribution < 1.29 is 13.2 Å². The third-order valence-electron chi connectivity index (χ3n) is 2.94. The zero-order valence-electron chi connectivity index (χ0n) is 10.8. The summed E-state index contributed by atoms with van der Waals surface area (Å²) in [5, 5.41) is 2.85. The number of hydrogen-bond donors (Lipinski definition) is 1. The van der Waals surface area contributed by atoms with Crippen molar-refractivity contribution in [2.24, 2.45) is 0 Å². The first-order chi connectivity index (χ1) is 9.38. The third kappa shape index (κ3) is 3.54. The van der Waals surface area contributed by atoms with Gasteiger partial charge in [-0.3, -0.25) is 0 Å². The van der Waals surface area contributed by atoms with Gasteiger partial charge in [0.05, 0.1) is 5.56 Å². The number of nitrogens with one attached hydrogen (secondary N) is 1. The van der Waals surface area contributed by atoms with Crippen molar-refractivity contribution in [2.75, 3.05) is 5.32 Å². The zero-order valence-corrected chi connectivity index (χ0v) is 12.3. The maximum Gasteiger partial charge on any atom is 0.418 e. The molecule has 20 heavy (non-hydrogen) atoms. The second-order valence-electron chi connectivity index (χ2n) is 4.48. The molecule has 0 spiro atoms. The number of alkyl halides is 3. The van der Waals surface area contributed by atoms with Crippen LogP contribution in [-0.4, -0.2) is 0 Å². The summed E-state index contributed by atoms with van der Waals surface area (Å²) in [6.07, 6.45) is -4.35. The number of para-hydroxylation sites is 1. The summed E-state index contributed by atoms with van der Waals surface area (Å²) in [6, 6.07) is 11.2. The van der Waals surface area contributed by atoms with Crippen LogP contribution >= 0.6 is 15.9 Å². The molecule has 0 saturated heterocycles. The minimum atomic E-state index is -4.35. The molecule has 0 bridgehead atoms. The summed E-state index contributed by atoms with van der Waals surface area (Å²) in [5.74, 6) is 0. The van der Waals surface area contributed by atoms with Crippen molar-refractivity contribution in [1.29, 1.82) is 0 Å². The number of aryl methyl sites for hydroxylation is 1. The Balaban J connectivity index is 2.17. The van der Waals surface area contributed by atoms with Gasteiger partial charge in [-0.1, -0.05) is 40.2 Å². The summed E-state index contributed by atoms with van der Waals surface area (Å²) in [6.45, 7) is 2.29. The van der Waals surface area contributed by atoms with Crippen LogP contribution in [0.25, 0.3) is 0 Å². The highest BCUT2D eigenvalue weighted by Crippen LogP contribution is 2.34. The number of benzene rings is 2. The molecule has 2 aromatic carbocycles. The maximum absolute atomic E-state index is 12.8. The Hall–Kier alpha value is -1.49. The highest BCUT2D eigenvalue weighted by Gasteiger charge is 2.32. The summed E-state index contributed by atoms with van der Waals surface area (Å²) >= 11 is 3.39. The van der Waals surface area contributed by atoms with Gasteiger partial charge >= 0.3 is 6.18 Å². The SMILES string of the molecule is Cc1cc(CNc2ccccc2C(F)(F)F)ccc1Br. The van der Waals surface area contributed by atoms with E-state index >= 15 is 0 Å². The quantitative estimate of drug-likeness (QED) is 0.787. The van der Waals surface area contributed by atoms with E-state index in [0.717, 1.165) is 21.7 Å². The molecule has 1 nitrogen and oxygen atoms in total. The Morgan fingerprint density at radius 1 is 1.10 bits per heavy atom. The van der Waals surface area contributed by atoms with E-state index in [9.17, 15) is 13.2 Å². The van der Waals surface area contributed by atoms with Crippen molar-refractivity contribution in [3.8, 4) is 0 Å². The van der Waals surface area contributed by atoms with Crippen LogP contribution < -0.4 is 5.32 Å². The summed E-state index contributed by atoms with van der Waals surface area (Å²) in [4.78, 5) is 0. The monoisotopic (exact) mass is 343 g/mol. The molecule has 0 saturated carbocycles. The standard InChI is InChI=1S/C15H13BrF3N/c1-10-8-11(6-7-13(10)16)9-20-14-5-3-2-4-12(14)15(17,18)19/h2-8,20H,9H2,1H3. The van der Waals surface area contributed by atoms with Crippen LogP contribution in [0.4, 0.5) is 18.9 Å². The predicted molar refractivity (Wildman–Crippen MR) is 77.6 cm³/mol. The molecule has 0 heterocycles. The lowest BCUT2D eigenvalue weighted by Gasteiger charge is -2.14. The first kappa shape index (κ1) is 14.9. The van der Waals surface area contributed by atoms with Gasteiger partial charge in [0, 0.05) is 16.7 Å². The van der Waals surface area contributed by atoms with Crippen molar-refractivity contribution >= 4 is 21.6 Å². The number of anilines is 1. The van der Waals surface area contributed by atoms with E-state index < -0.39 is 11.7 Å². The van der Waals surface area contributed by atoms with E-state index in [0.29, 0.717) is 6.54 Å². The van der Waals surface area contributed by atoms with E-state index in [1.54, 1.807) is 6.07 Å². The lowest BCUT2D eigenvalue weighted by Crippen LogP contribution is -2.10. The maximum atomic E-state index is 12.8. The van der Waals surface area contributed by atoms with Crippen LogP contribution in [0.2, 0.25) is 0 Å². The van der Waals surface area contributed by atoms with Gasteiger partial charge in [-0.25, -0.2) is 0 Å². The van der Waals surface area contributed by atoms with Gasteiger partial charge in [-0.2, -0.15) is 13.2 Å². The molecule has 0 aromatic heterocycles. The Morgan fingerprint density at radius 2 is 1.80 bits per heavy atom. The number of halogens is 4. The van der Waals surface area contributed by atoms with E-state index in [1.807, 2.05) is 25.1 Å². The van der Waals surface area contributed by atoms with Crippen LogP contribution in [-0.2, 0) is 12.7 Å². The Labute approximate surface area is 123 Å². The minimum absolute atomic E-state index is 0.0978. The van der Waals surface area contributed by atoms with Crippen molar-refractivity contribution in [1.82, 2.24) is 0 Å². The molecule has 2 rings (SSSR count). The molecule has 0 aliphatic heterocycles. The number of rotatable bonds is 3. The van der Waals surface area contributed by atoms with Gasteiger partial charge in [-0.15, -0.1) is 0 Å². The second-order valence-corrected chi connectivity index (χ2v) is 5.33. The summed E-state index contributed by atoms with van der Waals surface area (Å²) < 4.78 is 39.5. The summed E-state index contributed by atoms with van der Waals surface area (Å²) in [7, 11) is 0. The van der Waals surface area contributed by atoms with Gasteiger partial charge in [-0.05, 0) is 36.2 Å². The Bertz CT molecular complexity index is 608. The molecule has 106 valence electrons. The van der Waals surface area contributed by atoms with Crippen molar-refractivity contribution in [3.05, 3.63) is 63.6 Å². The Kier molecular flexibility index (Phi) is 4.38. The highest BCUT2D eigenvalue weighted by atomic mass is 79.9. The normalized spacial score (nSPS) is 11.4. The zero-order chi connectivity index (χ0) is 14.8. The largest absolute Gasteiger partial charge is 0.418 e. The lowest BCUT2D eigenvalue weighted by molar-refractivity contribution is -0.136. The van der Waals surface area contributed by atoms with E-state index in [4.69, 9.17) is 0 Å². The molecule has 5 heteroatoms. The van der Waals surface area contributed by atoms with Crippen LogP contribution in [0.1, 0.15) is 16.7 Å². The first-order valence-electron chi connectivity index (χ1n) is 6.03. The van der Waals surface area contributed by atoms with Crippen LogP contribution in [0.5, 0.6) is 0 Å². The van der Waals surface area contributed by atoms with E-state index in [2.05, 4.69) is 21.2 Å². The molecular weight excluding hydrogens is 331 g/mol. The Morgan fingerprint density at radius 3 is 2.45 bits per heavy atom. The molecule has 0 radical (unpaired) electrons. The van der Waals surface area contributed by atoms with Crippen molar-refractivity contribution in [3.63, 3.8) is 0 Å². The molecule has 0 atom stereocenters. The van der Waals surface area contributed by atoms with Gasteiger partial charge in [0.15, 0.2) is 0 Å². The lowest BCUT2D eigenvalue weighted by atomic mass is 10.1. The number of hydrogen-bond acceptors (Lipinski definition) is 1. The fourth-order valence-corrected chi connectivity index (χ4v) is 2.15. The molecule has 1 N–H and O–H groups in total. The first-order valence-corrected chi connectivity index (χ1v) is 6.82. The molecule has 0 fully saturated rings. The minimum Gasteiger partial charge on any atom is -0.380 e. The average molecular weight is 344 g/mol. The highest BCUT2D eigenvalue weighted by molar-refractivity contribution is 9.10. The van der Waals surface area contributed by atoms with Gasteiger partial charge < -0.3 is 5.32 Å². The molecule has 0 aliphatic rings. The molecule has 0 amide bonds. The molecule has 0 aliphatic carbocycles. The molecule has 0 unspecified atom stereocenters. The smallest absolute Gasteiger partial charge is 0.380 e. The van der Waals surface area contributed by atoms with E-state index in [-0.39, 0.29) is 5.69 Å². The van der Waals surface area contributed by atoms with Gasteiger partial charge in [0.1, 0.15) is 0 Å².